The Balaban J connectivity index is 2.54. The standard InChI is InChI=1S/C11H9BrN2O2/c1-11(2)8-7(12)4-3-6-5-13-14(9(6)8)10(15)16-11/h3-5H,1-2H3. The van der Waals surface area contributed by atoms with E-state index in [-0.39, 0.29) is 0 Å². The Labute approximate surface area is 100 Å². The Morgan fingerprint density at radius 2 is 2.19 bits per heavy atom. The third-order valence-electron chi connectivity index (χ3n) is 2.80. The van der Waals surface area contributed by atoms with Gasteiger partial charge in [0.2, 0.25) is 0 Å². The first kappa shape index (κ1) is 9.84. The van der Waals surface area contributed by atoms with Gasteiger partial charge in [-0.3, -0.25) is 0 Å². The summed E-state index contributed by atoms with van der Waals surface area (Å²) in [7, 11) is 0. The molecule has 1 aliphatic rings. The number of aromatic nitrogens is 2. The maximum absolute atomic E-state index is 11.7. The van der Waals surface area contributed by atoms with E-state index >= 15 is 0 Å². The summed E-state index contributed by atoms with van der Waals surface area (Å²) in [5.74, 6) is 0. The van der Waals surface area contributed by atoms with E-state index in [0.29, 0.717) is 0 Å². The second-order valence-electron chi connectivity index (χ2n) is 4.29. The number of nitrogens with zero attached hydrogens (tertiary/aromatic N) is 2. The number of ether oxygens (including phenoxy) is 1. The van der Waals surface area contributed by atoms with E-state index in [2.05, 4.69) is 21.0 Å². The minimum atomic E-state index is -0.633. The van der Waals surface area contributed by atoms with Crippen molar-refractivity contribution in [1.82, 2.24) is 9.78 Å². The van der Waals surface area contributed by atoms with Gasteiger partial charge >= 0.3 is 6.09 Å². The van der Waals surface area contributed by atoms with Gasteiger partial charge in [-0.25, -0.2) is 4.79 Å². The molecular formula is C11H9BrN2O2. The van der Waals surface area contributed by atoms with Gasteiger partial charge < -0.3 is 4.74 Å². The van der Waals surface area contributed by atoms with Crippen molar-refractivity contribution in [2.24, 2.45) is 0 Å². The van der Waals surface area contributed by atoms with Gasteiger partial charge in [0.05, 0.1) is 11.7 Å². The monoisotopic (exact) mass is 280 g/mol. The lowest BCUT2D eigenvalue weighted by Crippen LogP contribution is -2.34. The quantitative estimate of drug-likeness (QED) is 0.745. The molecule has 0 N–H and O–H groups in total. The minimum absolute atomic E-state index is 0.425. The van der Waals surface area contributed by atoms with Gasteiger partial charge in [0.1, 0.15) is 5.60 Å². The first-order valence-electron chi connectivity index (χ1n) is 4.91. The molecule has 0 bridgehead atoms. The number of benzene rings is 1. The predicted octanol–water partition coefficient (Wildman–Crippen LogP) is 3.03. The summed E-state index contributed by atoms with van der Waals surface area (Å²) >= 11 is 3.49. The number of halogens is 1. The van der Waals surface area contributed by atoms with Crippen molar-refractivity contribution in [3.05, 3.63) is 28.4 Å². The molecule has 1 aromatic heterocycles. The third kappa shape index (κ3) is 1.09. The molecule has 0 saturated heterocycles. The summed E-state index contributed by atoms with van der Waals surface area (Å²) in [4.78, 5) is 11.7. The number of rotatable bonds is 0. The molecule has 82 valence electrons. The molecule has 2 aromatic rings. The van der Waals surface area contributed by atoms with Crippen LogP contribution >= 0.6 is 15.9 Å². The fourth-order valence-corrected chi connectivity index (χ4v) is 2.91. The fraction of sp³-hybridized carbons (Fsp3) is 0.273. The number of hydrogen-bond acceptors (Lipinski definition) is 3. The van der Waals surface area contributed by atoms with Crippen LogP contribution in [0.1, 0.15) is 19.4 Å². The van der Waals surface area contributed by atoms with Crippen LogP contribution in [0.15, 0.2) is 22.8 Å². The lowest BCUT2D eigenvalue weighted by atomic mass is 9.95. The Hall–Kier alpha value is -1.36. The molecule has 5 heteroatoms. The van der Waals surface area contributed by atoms with E-state index in [0.717, 1.165) is 20.9 Å². The molecule has 0 unspecified atom stereocenters. The Morgan fingerprint density at radius 1 is 1.44 bits per heavy atom. The van der Waals surface area contributed by atoms with E-state index < -0.39 is 11.7 Å². The summed E-state index contributed by atoms with van der Waals surface area (Å²) in [6.45, 7) is 3.75. The number of cyclic esters (lactones) is 1. The van der Waals surface area contributed by atoms with Crippen LogP contribution in [0.3, 0.4) is 0 Å². The number of carbonyl (C=O) groups excluding carboxylic acids is 1. The van der Waals surface area contributed by atoms with E-state index in [1.165, 1.54) is 4.68 Å². The van der Waals surface area contributed by atoms with Crippen LogP contribution < -0.4 is 0 Å². The molecule has 0 spiro atoms. The summed E-state index contributed by atoms with van der Waals surface area (Å²) in [5.41, 5.74) is 1.16. The fourth-order valence-electron chi connectivity index (χ4n) is 2.12. The normalized spacial score (nSPS) is 17.6. The molecule has 0 radical (unpaired) electrons. The van der Waals surface area contributed by atoms with Gasteiger partial charge in [0.25, 0.3) is 0 Å². The third-order valence-corrected chi connectivity index (χ3v) is 3.46. The molecular weight excluding hydrogens is 272 g/mol. The van der Waals surface area contributed by atoms with E-state index in [1.54, 1.807) is 6.20 Å². The molecule has 1 aromatic carbocycles. The summed E-state index contributed by atoms with van der Waals surface area (Å²) in [5, 5.41) is 4.98. The first-order valence-corrected chi connectivity index (χ1v) is 5.70. The van der Waals surface area contributed by atoms with Crippen LogP contribution in [-0.2, 0) is 10.3 Å². The van der Waals surface area contributed by atoms with Gasteiger partial charge in [-0.15, -0.1) is 0 Å². The first-order chi connectivity index (χ1) is 7.50. The van der Waals surface area contributed by atoms with Crippen LogP contribution in [0.25, 0.3) is 10.9 Å². The van der Waals surface area contributed by atoms with Crippen molar-refractivity contribution >= 4 is 32.9 Å². The van der Waals surface area contributed by atoms with E-state index in [4.69, 9.17) is 4.74 Å². The Bertz CT molecular complexity index is 616. The van der Waals surface area contributed by atoms with Gasteiger partial charge in [-0.1, -0.05) is 22.0 Å². The van der Waals surface area contributed by atoms with Crippen LogP contribution in [0.5, 0.6) is 0 Å². The second-order valence-corrected chi connectivity index (χ2v) is 5.15. The van der Waals surface area contributed by atoms with Crippen LogP contribution in [0, 0.1) is 0 Å². The lowest BCUT2D eigenvalue weighted by molar-refractivity contribution is 0.0302. The zero-order valence-corrected chi connectivity index (χ0v) is 10.4. The van der Waals surface area contributed by atoms with Crippen LogP contribution in [0.2, 0.25) is 0 Å². The predicted molar refractivity (Wildman–Crippen MR) is 62.3 cm³/mol. The van der Waals surface area contributed by atoms with Gasteiger partial charge in [0, 0.05) is 15.4 Å². The maximum Gasteiger partial charge on any atom is 0.436 e. The van der Waals surface area contributed by atoms with Crippen molar-refractivity contribution in [2.75, 3.05) is 0 Å². The van der Waals surface area contributed by atoms with E-state index in [1.807, 2.05) is 26.0 Å². The summed E-state index contributed by atoms with van der Waals surface area (Å²) < 4.78 is 7.60. The van der Waals surface area contributed by atoms with Gasteiger partial charge in [0.15, 0.2) is 0 Å². The average molecular weight is 281 g/mol. The highest BCUT2D eigenvalue weighted by Gasteiger charge is 2.37. The highest BCUT2D eigenvalue weighted by atomic mass is 79.9. The van der Waals surface area contributed by atoms with Crippen molar-refractivity contribution in [3.63, 3.8) is 0 Å². The highest BCUT2D eigenvalue weighted by molar-refractivity contribution is 9.10. The smallest absolute Gasteiger partial charge is 0.436 e. The second kappa shape index (κ2) is 2.85. The number of hydrogen-bond donors (Lipinski definition) is 0. The summed E-state index contributed by atoms with van der Waals surface area (Å²) in [6, 6.07) is 3.88. The van der Waals surface area contributed by atoms with E-state index in [9.17, 15) is 4.79 Å². The number of carbonyl (C=O) groups is 1. The maximum atomic E-state index is 11.7. The minimum Gasteiger partial charge on any atom is -0.437 e. The zero-order chi connectivity index (χ0) is 11.5. The molecule has 0 atom stereocenters. The molecule has 0 saturated carbocycles. The van der Waals surface area contributed by atoms with Crippen LogP contribution in [-0.4, -0.2) is 15.9 Å². The average Bonchev–Trinajstić information content (AvgIpc) is 2.58. The van der Waals surface area contributed by atoms with Crippen molar-refractivity contribution in [2.45, 2.75) is 19.4 Å². The summed E-state index contributed by atoms with van der Waals surface area (Å²) in [6.07, 6.45) is 1.25. The Kier molecular flexibility index (Phi) is 1.75. The van der Waals surface area contributed by atoms with Crippen molar-refractivity contribution in [1.29, 1.82) is 0 Å². The van der Waals surface area contributed by atoms with Crippen LogP contribution in [0.4, 0.5) is 4.79 Å². The lowest BCUT2D eigenvalue weighted by Gasteiger charge is -2.31. The highest BCUT2D eigenvalue weighted by Crippen LogP contribution is 2.40. The molecule has 0 aliphatic carbocycles. The molecule has 0 amide bonds. The molecule has 1 aliphatic heterocycles. The van der Waals surface area contributed by atoms with Crippen molar-refractivity contribution in [3.8, 4) is 0 Å². The molecule has 0 fully saturated rings. The van der Waals surface area contributed by atoms with Gasteiger partial charge in [-0.05, 0) is 19.9 Å². The topological polar surface area (TPSA) is 44.1 Å². The SMILES string of the molecule is CC1(C)OC(=O)n2ncc3ccc(Br)c1c32. The zero-order valence-electron chi connectivity index (χ0n) is 8.82. The molecule has 2 heterocycles. The van der Waals surface area contributed by atoms with Gasteiger partial charge in [-0.2, -0.15) is 9.78 Å². The molecule has 4 nitrogen and oxygen atoms in total. The largest absolute Gasteiger partial charge is 0.437 e. The molecule has 16 heavy (non-hydrogen) atoms. The molecule has 3 rings (SSSR count). The van der Waals surface area contributed by atoms with Crippen molar-refractivity contribution < 1.29 is 9.53 Å². The Morgan fingerprint density at radius 3 is 2.94 bits per heavy atom.